The second-order valence-corrected chi connectivity index (χ2v) is 28.0. The molecule has 1 saturated heterocycles. The Kier molecular flexibility index (Phi) is 47.9. The Morgan fingerprint density at radius 1 is 0.648 bits per heavy atom. The Labute approximate surface area is 624 Å². The lowest BCUT2D eigenvalue weighted by Crippen LogP contribution is -2.54. The third-order valence-corrected chi connectivity index (χ3v) is 19.1. The fourth-order valence-corrected chi connectivity index (χ4v) is 12.9. The van der Waals surface area contributed by atoms with Crippen LogP contribution in [0.2, 0.25) is 0 Å². The number of amides is 7. The lowest BCUT2D eigenvalue weighted by atomic mass is 9.83. The summed E-state index contributed by atoms with van der Waals surface area (Å²) in [5, 5.41) is 28.3. The summed E-state index contributed by atoms with van der Waals surface area (Å²) < 4.78 is 49.3. The Morgan fingerprint density at radius 2 is 1.21 bits per heavy atom. The number of Topliss-reactive ketones (excluding diaryl/α,β-unsaturated/α-hetero) is 3. The minimum atomic E-state index is -0.792. The molecule has 0 saturated carbocycles. The molecule has 3 rings (SSSR count). The zero-order valence-corrected chi connectivity index (χ0v) is 65.5. The number of aliphatic hydroxyl groups is 2. The van der Waals surface area contributed by atoms with Gasteiger partial charge in [-0.2, -0.15) is 0 Å². The first-order valence-electron chi connectivity index (χ1n) is 37.3. The monoisotopic (exact) mass is 1490 g/mol. The molecule has 1 fully saturated rings. The number of nitrogens with two attached hydrogens (primary N) is 2. The lowest BCUT2D eigenvalue weighted by Gasteiger charge is -2.41. The normalized spacial score (nSPS) is 16.1. The molecule has 28 heteroatoms. The first kappa shape index (κ1) is 94.5. The molecule has 0 aromatic heterocycles. The van der Waals surface area contributed by atoms with Crippen molar-refractivity contribution < 1.29 is 96.0 Å². The van der Waals surface area contributed by atoms with Crippen LogP contribution in [0.25, 0.3) is 0 Å². The standard InChI is InChI=1S/C43H71N3O9.C34H59N5O11/c1-14-28(6)39(44(9)42(51)32(26(2)3)24-35(48)38(27(4)5)45(10)43(52)55-13)36(53-11)25-37(49)46-22-18-21-33(46)41(54-12)30(8)34(47)23-29(7)40(50)31-19-16-15-17-20-31;1-26(2)32(30(41)24-28(4-3-11-37-34(36)44)33(43)38-29-7-5-27(25-40)6-8-29)39-31(42)9-12-45-14-16-47-18-20-49-22-23-50-21-19-48-17-15-46-13-10-35/h15-17,19-20,26-30,32-33,36,38-41,50H,14,18,21-25H2,1-13H3;5-8,26,28,32,40H,3-4,9-25,35H2,1-2H3,(H,38,43)(H,39,42)(H3,36,37,44)/t28-,29-,30-,32-,33-,36+,38-,39-,40+,41+;28-,32+/m01/s1. The number of urea groups is 1. The van der Waals surface area contributed by atoms with Gasteiger partial charge in [-0.05, 0) is 78.5 Å². The van der Waals surface area contributed by atoms with Gasteiger partial charge in [-0.25, -0.2) is 9.59 Å². The number of ketones is 3. The van der Waals surface area contributed by atoms with E-state index in [0.717, 1.165) is 18.4 Å². The molecule has 28 nitrogen and oxygen atoms in total. The number of ether oxygens (including phenoxy) is 9. The molecule has 2 aromatic carbocycles. The quantitative estimate of drug-likeness (QED) is 0.0330. The molecular formula is C77H130N8O20. The van der Waals surface area contributed by atoms with Crippen LogP contribution in [0, 0.1) is 47.3 Å². The van der Waals surface area contributed by atoms with Gasteiger partial charge in [-0.1, -0.05) is 118 Å². The number of primary amides is 1. The second kappa shape index (κ2) is 53.3. The number of hydrogen-bond donors (Lipinski definition) is 7. The van der Waals surface area contributed by atoms with Gasteiger partial charge in [0, 0.05) is 97.1 Å². The second-order valence-electron chi connectivity index (χ2n) is 28.0. The predicted octanol–water partition coefficient (Wildman–Crippen LogP) is 6.92. The molecule has 0 unspecified atom stereocenters. The maximum Gasteiger partial charge on any atom is 0.409 e. The summed E-state index contributed by atoms with van der Waals surface area (Å²) in [6.45, 7) is 25.1. The summed E-state index contributed by atoms with van der Waals surface area (Å²) in [5.41, 5.74) is 12.4. The Bertz CT molecular complexity index is 2820. The van der Waals surface area contributed by atoms with Crippen molar-refractivity contribution in [3.63, 3.8) is 0 Å². The van der Waals surface area contributed by atoms with E-state index in [1.807, 2.05) is 99.6 Å². The number of likely N-dealkylation sites (tertiary alicyclic amines) is 1. The topological polar surface area (TPSA) is 375 Å². The highest BCUT2D eigenvalue weighted by molar-refractivity contribution is 5.97. The highest BCUT2D eigenvalue weighted by Crippen LogP contribution is 2.33. The number of nitrogens with zero attached hydrogens (tertiary/aromatic N) is 3. The van der Waals surface area contributed by atoms with Crippen molar-refractivity contribution in [3.05, 3.63) is 65.7 Å². The van der Waals surface area contributed by atoms with E-state index in [1.54, 1.807) is 55.3 Å². The molecule has 1 heterocycles. The number of benzene rings is 2. The van der Waals surface area contributed by atoms with E-state index in [1.165, 1.54) is 19.1 Å². The molecule has 1 aliphatic heterocycles. The number of methoxy groups -OCH3 is 3. The van der Waals surface area contributed by atoms with Crippen molar-refractivity contribution in [2.24, 2.45) is 58.8 Å². The molecule has 0 aliphatic carbocycles. The van der Waals surface area contributed by atoms with Crippen molar-refractivity contribution in [2.75, 3.05) is 140 Å². The van der Waals surface area contributed by atoms with E-state index in [2.05, 4.69) is 16.0 Å². The van der Waals surface area contributed by atoms with E-state index in [9.17, 15) is 53.4 Å². The Balaban J connectivity index is 0.000000717. The fraction of sp³-hybridized carbons (Fsp3) is 0.727. The minimum absolute atomic E-state index is 0.0172. The van der Waals surface area contributed by atoms with Gasteiger partial charge >= 0.3 is 12.1 Å². The molecule has 1 aliphatic rings. The third kappa shape index (κ3) is 34.9. The molecule has 0 bridgehead atoms. The van der Waals surface area contributed by atoms with Gasteiger partial charge in [-0.3, -0.25) is 33.6 Å². The highest BCUT2D eigenvalue weighted by Gasteiger charge is 2.44. The predicted molar refractivity (Wildman–Crippen MR) is 399 cm³/mol. The summed E-state index contributed by atoms with van der Waals surface area (Å²) in [6, 6.07) is 13.0. The highest BCUT2D eigenvalue weighted by atomic mass is 16.6. The number of carbonyl (C=O) groups excluding carboxylic acids is 9. The van der Waals surface area contributed by atoms with E-state index in [4.69, 9.17) is 54.1 Å². The maximum absolute atomic E-state index is 14.4. The molecular weight excluding hydrogens is 1360 g/mol. The van der Waals surface area contributed by atoms with Crippen LogP contribution in [-0.2, 0) is 82.8 Å². The van der Waals surface area contributed by atoms with Crippen LogP contribution < -0.4 is 27.4 Å². The first-order chi connectivity index (χ1) is 50.0. The third-order valence-electron chi connectivity index (χ3n) is 19.1. The molecule has 2 aromatic rings. The van der Waals surface area contributed by atoms with Crippen LogP contribution in [0.15, 0.2) is 54.6 Å². The van der Waals surface area contributed by atoms with Gasteiger partial charge in [0.15, 0.2) is 11.6 Å². The summed E-state index contributed by atoms with van der Waals surface area (Å²) in [4.78, 5) is 123. The summed E-state index contributed by atoms with van der Waals surface area (Å²) in [7, 11) is 7.64. The molecule has 105 heavy (non-hydrogen) atoms. The first-order valence-corrected chi connectivity index (χ1v) is 37.3. The molecule has 0 radical (unpaired) electrons. The Morgan fingerprint density at radius 3 is 1.70 bits per heavy atom. The average molecular weight is 1490 g/mol. The number of carbonyl (C=O) groups is 9. The van der Waals surface area contributed by atoms with Gasteiger partial charge in [0.25, 0.3) is 0 Å². The summed E-state index contributed by atoms with van der Waals surface area (Å²) in [5.74, 6) is -4.41. The zero-order valence-electron chi connectivity index (χ0n) is 65.5. The van der Waals surface area contributed by atoms with Gasteiger partial charge < -0.3 is 95.0 Å². The van der Waals surface area contributed by atoms with Crippen molar-refractivity contribution in [1.29, 1.82) is 0 Å². The fourth-order valence-electron chi connectivity index (χ4n) is 12.9. The number of nitrogens with one attached hydrogen (secondary N) is 3. The van der Waals surface area contributed by atoms with Gasteiger partial charge in [-0.15, -0.1) is 0 Å². The van der Waals surface area contributed by atoms with Crippen molar-refractivity contribution in [2.45, 2.75) is 183 Å². The Hall–Kier alpha value is -6.57. The van der Waals surface area contributed by atoms with Crippen molar-refractivity contribution in [1.82, 2.24) is 25.3 Å². The van der Waals surface area contributed by atoms with E-state index >= 15 is 0 Å². The van der Waals surface area contributed by atoms with E-state index in [-0.39, 0.29) is 128 Å². The number of hydrogen-bond acceptors (Lipinski definition) is 21. The van der Waals surface area contributed by atoms with Gasteiger partial charge in [0.1, 0.15) is 5.78 Å². The van der Waals surface area contributed by atoms with Crippen LogP contribution in [0.4, 0.5) is 15.3 Å². The summed E-state index contributed by atoms with van der Waals surface area (Å²) in [6.07, 6.45) is 0.404. The minimum Gasteiger partial charge on any atom is -0.453 e. The van der Waals surface area contributed by atoms with Crippen LogP contribution in [0.1, 0.15) is 151 Å². The molecule has 598 valence electrons. The molecule has 12 atom stereocenters. The lowest BCUT2D eigenvalue weighted by molar-refractivity contribution is -0.149. The zero-order chi connectivity index (χ0) is 78.6. The van der Waals surface area contributed by atoms with Crippen molar-refractivity contribution in [3.8, 4) is 0 Å². The summed E-state index contributed by atoms with van der Waals surface area (Å²) >= 11 is 0. The number of anilines is 1. The van der Waals surface area contributed by atoms with E-state index in [0.29, 0.717) is 116 Å². The van der Waals surface area contributed by atoms with E-state index < -0.39 is 66.3 Å². The number of aliphatic hydroxyl groups excluding tert-OH is 2. The smallest absolute Gasteiger partial charge is 0.409 e. The SMILES string of the molecule is CC(C)[C@H](NC(=O)CCOCCOCCOCCOCCOCCOCCN)C(=O)C[C@@H](CCCNC(N)=O)C(=O)Nc1ccc(CO)cc1.CC[C@H](C)[C@@H]([C@@H](CC(=O)N1CCC[C@H]1[C@H](OC)[C@@H](C)C(=O)C[C@H](C)[C@@H](O)c1ccccc1)OC)N(C)C(=O)[C@@H](CC(=O)[C@H](C(C)C)N(C)C(=O)OC)C(C)C. The number of rotatable bonds is 54. The molecule has 9 N–H and O–H groups in total. The molecule has 7 amide bonds. The molecule has 0 spiro atoms. The largest absolute Gasteiger partial charge is 0.453 e. The van der Waals surface area contributed by atoms with Gasteiger partial charge in [0.05, 0.1) is 142 Å². The average Bonchev–Trinajstić information content (AvgIpc) is 1.73. The van der Waals surface area contributed by atoms with Crippen LogP contribution in [0.3, 0.4) is 0 Å². The maximum atomic E-state index is 14.4. The van der Waals surface area contributed by atoms with Crippen LogP contribution in [0.5, 0.6) is 0 Å². The van der Waals surface area contributed by atoms with Gasteiger partial charge in [0.2, 0.25) is 23.6 Å². The van der Waals surface area contributed by atoms with Crippen molar-refractivity contribution >= 4 is 58.8 Å². The van der Waals surface area contributed by atoms with Crippen LogP contribution >= 0.6 is 0 Å². The van der Waals surface area contributed by atoms with Crippen LogP contribution in [-0.4, -0.2) is 249 Å². The number of likely N-dealkylation sites (N-methyl/N-ethyl adjacent to an activating group) is 2.